The van der Waals surface area contributed by atoms with Crippen LogP contribution in [0.4, 0.5) is 0 Å². The number of primary amides is 1. The van der Waals surface area contributed by atoms with Crippen molar-refractivity contribution in [3.05, 3.63) is 58.0 Å². The Hall–Kier alpha value is -1.59. The van der Waals surface area contributed by atoms with Crippen molar-refractivity contribution >= 4 is 21.8 Å². The monoisotopic (exact) mass is 336 g/mol. The van der Waals surface area contributed by atoms with Gasteiger partial charge in [0.05, 0.1) is 6.04 Å². The fourth-order valence-electron chi connectivity index (χ4n) is 2.05. The van der Waals surface area contributed by atoms with Crippen LogP contribution in [0.2, 0.25) is 0 Å². The molecule has 0 unspecified atom stereocenters. The van der Waals surface area contributed by atoms with E-state index in [4.69, 9.17) is 10.2 Å². The number of benzene rings is 1. The van der Waals surface area contributed by atoms with Crippen LogP contribution in [0.3, 0.4) is 0 Å². The zero-order valence-electron chi connectivity index (χ0n) is 11.4. The van der Waals surface area contributed by atoms with Gasteiger partial charge in [-0.1, -0.05) is 28.1 Å². The number of carbonyl (C=O) groups excluding carboxylic acids is 1. The molecule has 2 atom stereocenters. The first kappa shape index (κ1) is 14.8. The lowest BCUT2D eigenvalue weighted by Crippen LogP contribution is -2.35. The number of halogens is 1. The average Bonchev–Trinajstić information content (AvgIpc) is 2.82. The Labute approximate surface area is 126 Å². The third-order valence-corrected chi connectivity index (χ3v) is 3.56. The van der Waals surface area contributed by atoms with E-state index in [-0.39, 0.29) is 6.04 Å². The molecule has 0 bridgehead atoms. The molecule has 2 aromatic rings. The Bertz CT molecular complexity index is 609. The predicted molar refractivity (Wildman–Crippen MR) is 81.1 cm³/mol. The molecule has 0 spiro atoms. The molecule has 3 N–H and O–H groups in total. The number of amides is 1. The summed E-state index contributed by atoms with van der Waals surface area (Å²) >= 11 is 3.40. The summed E-state index contributed by atoms with van der Waals surface area (Å²) in [6.45, 7) is 3.82. The maximum absolute atomic E-state index is 11.7. The van der Waals surface area contributed by atoms with Crippen molar-refractivity contribution in [2.24, 2.45) is 5.73 Å². The highest BCUT2D eigenvalue weighted by atomic mass is 79.9. The van der Waals surface area contributed by atoms with E-state index in [1.54, 1.807) is 0 Å². The Balaban J connectivity index is 2.20. The van der Waals surface area contributed by atoms with Crippen LogP contribution in [-0.4, -0.2) is 5.91 Å². The number of carbonyl (C=O) groups is 1. The highest BCUT2D eigenvalue weighted by molar-refractivity contribution is 9.10. The van der Waals surface area contributed by atoms with Crippen molar-refractivity contribution < 1.29 is 9.21 Å². The molecule has 106 valence electrons. The molecule has 0 saturated heterocycles. The highest BCUT2D eigenvalue weighted by Crippen LogP contribution is 2.23. The Morgan fingerprint density at radius 2 is 2.10 bits per heavy atom. The highest BCUT2D eigenvalue weighted by Gasteiger charge is 2.22. The molecule has 0 radical (unpaired) electrons. The first-order valence-corrected chi connectivity index (χ1v) is 7.14. The predicted octanol–water partition coefficient (Wildman–Crippen LogP) is 3.23. The number of nitrogens with one attached hydrogen (secondary N) is 1. The van der Waals surface area contributed by atoms with E-state index >= 15 is 0 Å². The Morgan fingerprint density at radius 1 is 1.35 bits per heavy atom. The molecule has 0 aliphatic rings. The van der Waals surface area contributed by atoms with Gasteiger partial charge >= 0.3 is 0 Å². The summed E-state index contributed by atoms with van der Waals surface area (Å²) < 4.78 is 6.47. The van der Waals surface area contributed by atoms with E-state index in [0.29, 0.717) is 0 Å². The summed E-state index contributed by atoms with van der Waals surface area (Å²) in [6.07, 6.45) is 0. The lowest BCUT2D eigenvalue weighted by Gasteiger charge is -2.20. The van der Waals surface area contributed by atoms with E-state index in [2.05, 4.69) is 21.2 Å². The van der Waals surface area contributed by atoms with Gasteiger partial charge in [0, 0.05) is 4.47 Å². The summed E-state index contributed by atoms with van der Waals surface area (Å²) in [6, 6.07) is 10.6. The number of hydrogen-bond acceptors (Lipinski definition) is 3. The molecule has 0 saturated carbocycles. The first-order valence-electron chi connectivity index (χ1n) is 6.34. The van der Waals surface area contributed by atoms with Gasteiger partial charge in [-0.15, -0.1) is 0 Å². The second kappa shape index (κ2) is 6.24. The van der Waals surface area contributed by atoms with Gasteiger partial charge in [0.25, 0.3) is 0 Å². The molecular formula is C15H17BrN2O2. The van der Waals surface area contributed by atoms with Gasteiger partial charge in [-0.2, -0.15) is 0 Å². The lowest BCUT2D eigenvalue weighted by molar-refractivity contribution is -0.120. The van der Waals surface area contributed by atoms with E-state index in [0.717, 1.165) is 21.6 Å². The van der Waals surface area contributed by atoms with Gasteiger partial charge < -0.3 is 10.2 Å². The summed E-state index contributed by atoms with van der Waals surface area (Å²) in [4.78, 5) is 11.7. The minimum absolute atomic E-state index is 0.111. The van der Waals surface area contributed by atoms with Gasteiger partial charge in [-0.05, 0) is 43.7 Å². The standard InChI is InChI=1S/C15H17BrN2O2/c1-9-6-7-13(20-9)10(2)18-14(15(17)19)11-4-3-5-12(16)8-11/h3-8,10,14,18H,1-2H3,(H2,17,19)/t10-,14-/m1/s1. The fraction of sp³-hybridized carbons (Fsp3) is 0.267. The van der Waals surface area contributed by atoms with E-state index in [1.165, 1.54) is 0 Å². The van der Waals surface area contributed by atoms with Crippen LogP contribution in [-0.2, 0) is 4.79 Å². The smallest absolute Gasteiger partial charge is 0.239 e. The van der Waals surface area contributed by atoms with Gasteiger partial charge in [-0.3, -0.25) is 10.1 Å². The van der Waals surface area contributed by atoms with Crippen molar-refractivity contribution in [1.82, 2.24) is 5.32 Å². The number of hydrogen-bond donors (Lipinski definition) is 2. The second-order valence-electron chi connectivity index (χ2n) is 4.73. The summed E-state index contributed by atoms with van der Waals surface area (Å²) in [5, 5.41) is 3.20. The first-order chi connectivity index (χ1) is 9.47. The van der Waals surface area contributed by atoms with E-state index in [1.807, 2.05) is 50.2 Å². The van der Waals surface area contributed by atoms with Crippen molar-refractivity contribution in [3.8, 4) is 0 Å². The molecule has 0 fully saturated rings. The summed E-state index contributed by atoms with van der Waals surface area (Å²) in [7, 11) is 0. The molecule has 20 heavy (non-hydrogen) atoms. The summed E-state index contributed by atoms with van der Waals surface area (Å²) in [5.74, 6) is 1.20. The van der Waals surface area contributed by atoms with Crippen LogP contribution in [0.25, 0.3) is 0 Å². The van der Waals surface area contributed by atoms with Crippen LogP contribution >= 0.6 is 15.9 Å². The zero-order chi connectivity index (χ0) is 14.7. The number of nitrogens with two attached hydrogens (primary N) is 1. The molecule has 5 heteroatoms. The molecule has 0 aliphatic carbocycles. The number of furan rings is 1. The van der Waals surface area contributed by atoms with Crippen molar-refractivity contribution in [2.75, 3.05) is 0 Å². The molecule has 1 aromatic heterocycles. The van der Waals surface area contributed by atoms with Crippen LogP contribution in [0.1, 0.15) is 36.1 Å². The van der Waals surface area contributed by atoms with Crippen LogP contribution < -0.4 is 11.1 Å². The van der Waals surface area contributed by atoms with Gasteiger partial charge in [0.15, 0.2) is 0 Å². The van der Waals surface area contributed by atoms with E-state index in [9.17, 15) is 4.79 Å². The second-order valence-corrected chi connectivity index (χ2v) is 5.64. The average molecular weight is 337 g/mol. The van der Waals surface area contributed by atoms with Crippen molar-refractivity contribution in [1.29, 1.82) is 0 Å². The van der Waals surface area contributed by atoms with E-state index < -0.39 is 11.9 Å². The fourth-order valence-corrected chi connectivity index (χ4v) is 2.46. The molecule has 1 amide bonds. The Kier molecular flexibility index (Phi) is 4.62. The third-order valence-electron chi connectivity index (χ3n) is 3.07. The molecule has 4 nitrogen and oxygen atoms in total. The normalized spacial score (nSPS) is 13.9. The van der Waals surface area contributed by atoms with Crippen LogP contribution in [0.5, 0.6) is 0 Å². The largest absolute Gasteiger partial charge is 0.465 e. The Morgan fingerprint density at radius 3 is 2.65 bits per heavy atom. The molecule has 2 rings (SSSR count). The quantitative estimate of drug-likeness (QED) is 0.880. The number of aryl methyl sites for hydroxylation is 1. The molecule has 1 heterocycles. The maximum Gasteiger partial charge on any atom is 0.239 e. The van der Waals surface area contributed by atoms with Gasteiger partial charge in [-0.25, -0.2) is 0 Å². The topological polar surface area (TPSA) is 68.3 Å². The zero-order valence-corrected chi connectivity index (χ0v) is 13.0. The SMILES string of the molecule is Cc1ccc([C@@H](C)N[C@@H](C(N)=O)c2cccc(Br)c2)o1. The van der Waals surface area contributed by atoms with Crippen LogP contribution in [0.15, 0.2) is 45.3 Å². The van der Waals surface area contributed by atoms with Gasteiger partial charge in [0.2, 0.25) is 5.91 Å². The van der Waals surface area contributed by atoms with Crippen LogP contribution in [0, 0.1) is 6.92 Å². The minimum atomic E-state index is -0.562. The third kappa shape index (κ3) is 3.49. The van der Waals surface area contributed by atoms with Gasteiger partial charge in [0.1, 0.15) is 17.6 Å². The minimum Gasteiger partial charge on any atom is -0.465 e. The molecule has 0 aliphatic heterocycles. The maximum atomic E-state index is 11.7. The molecule has 1 aromatic carbocycles. The summed E-state index contributed by atoms with van der Waals surface area (Å²) in [5.41, 5.74) is 6.32. The number of rotatable bonds is 5. The van der Waals surface area contributed by atoms with Crippen molar-refractivity contribution in [3.63, 3.8) is 0 Å². The van der Waals surface area contributed by atoms with Crippen molar-refractivity contribution in [2.45, 2.75) is 25.9 Å². The molecular weight excluding hydrogens is 320 g/mol. The lowest BCUT2D eigenvalue weighted by atomic mass is 10.1.